The van der Waals surface area contributed by atoms with Gasteiger partial charge in [-0.15, -0.1) is 0 Å². The predicted octanol–water partition coefficient (Wildman–Crippen LogP) is 5.56. The van der Waals surface area contributed by atoms with Crippen molar-refractivity contribution in [3.63, 3.8) is 0 Å². The summed E-state index contributed by atoms with van der Waals surface area (Å²) in [7, 11) is 6.24. The van der Waals surface area contributed by atoms with Gasteiger partial charge in [-0.2, -0.15) is 0 Å². The predicted molar refractivity (Wildman–Crippen MR) is 227 cm³/mol. The number of halogens is 1. The molecular formula is C46H55BrN4O8. The number of nitrogens with one attached hydrogen (secondary N) is 1. The van der Waals surface area contributed by atoms with Crippen LogP contribution in [0.3, 0.4) is 0 Å². The Hall–Kier alpha value is -4.17. The number of hydrogen-bond acceptors (Lipinski definition) is 11. The second-order valence-corrected chi connectivity index (χ2v) is 18.6. The first-order valence-electron chi connectivity index (χ1n) is 20.9. The number of H-pyrrole nitrogens is 1. The van der Waals surface area contributed by atoms with E-state index in [4.69, 9.17) is 18.9 Å². The zero-order valence-corrected chi connectivity index (χ0v) is 36.6. The van der Waals surface area contributed by atoms with E-state index < -0.39 is 51.9 Å². The average molecular weight is 872 g/mol. The van der Waals surface area contributed by atoms with Crippen molar-refractivity contribution in [2.24, 2.45) is 11.3 Å². The van der Waals surface area contributed by atoms with E-state index in [2.05, 4.69) is 74.1 Å². The number of aromatic nitrogens is 1. The Kier molecular flexibility index (Phi) is 9.69. The Labute approximate surface area is 354 Å². The number of hydrogen-bond donors (Lipinski definition) is 2. The quantitative estimate of drug-likeness (QED) is 0.176. The summed E-state index contributed by atoms with van der Waals surface area (Å²) >= 11 is 3.73. The van der Waals surface area contributed by atoms with E-state index in [-0.39, 0.29) is 12.0 Å². The number of anilines is 1. The molecule has 1 spiro atoms. The van der Waals surface area contributed by atoms with E-state index in [1.807, 2.05) is 31.0 Å². The van der Waals surface area contributed by atoms with E-state index in [1.54, 1.807) is 7.11 Å². The topological polar surface area (TPSA) is 134 Å². The first-order valence-corrected chi connectivity index (χ1v) is 21.7. The standard InChI is InChI=1S/C46H55BrN4O8/c1-8-27-19-28-23-45(41(53)57-6,37-30(13-17-50(24-27)25-28)31-20-29(47)11-12-34(31)48-37)33-21-32-35(22-36(33)56-5)49(4)39-44(32)15-18-51-16-10-14-43(9-2,38(44)51)40(59-26(3)52)46(39,55)42(54)58-7/h10-12,14,19-22,28,38-40,48,55H,8-9,13,15-18,23-25H2,1-7H3/t28-,38+,39?,40-,43-,44-,45+,46+/m1/s1. The van der Waals surface area contributed by atoms with E-state index in [1.165, 1.54) is 26.7 Å². The number of likely N-dealkylation sites (N-methyl/N-ethyl adjacent to an activating group) is 1. The van der Waals surface area contributed by atoms with Gasteiger partial charge in [-0.05, 0) is 80.0 Å². The Bertz CT molecular complexity index is 2320. The van der Waals surface area contributed by atoms with Crippen molar-refractivity contribution < 1.29 is 38.4 Å². The monoisotopic (exact) mass is 870 g/mol. The second kappa shape index (κ2) is 14.2. The molecule has 9 atom stereocenters. The maximum absolute atomic E-state index is 15.3. The lowest BCUT2D eigenvalue weighted by molar-refractivity contribution is -0.228. The number of fused-ring (bicyclic) bond motifs is 6. The third-order valence-electron chi connectivity index (χ3n) is 15.1. The molecule has 1 saturated heterocycles. The molecule has 6 aliphatic rings. The zero-order valence-electron chi connectivity index (χ0n) is 35.0. The highest BCUT2D eigenvalue weighted by atomic mass is 79.9. The summed E-state index contributed by atoms with van der Waals surface area (Å²) in [6.07, 6.45) is 8.37. The lowest BCUT2D eigenvalue weighted by Crippen LogP contribution is -2.81. The molecule has 12 nitrogen and oxygen atoms in total. The van der Waals surface area contributed by atoms with Crippen LogP contribution < -0.4 is 9.64 Å². The molecule has 314 valence electrons. The van der Waals surface area contributed by atoms with E-state index in [0.717, 1.165) is 63.9 Å². The summed E-state index contributed by atoms with van der Waals surface area (Å²) < 4.78 is 25.0. The summed E-state index contributed by atoms with van der Waals surface area (Å²) in [5, 5.41) is 14.4. The Morgan fingerprint density at radius 2 is 1.80 bits per heavy atom. The van der Waals surface area contributed by atoms with Crippen LogP contribution in [0.2, 0.25) is 0 Å². The third kappa shape index (κ3) is 5.32. The Morgan fingerprint density at radius 3 is 2.49 bits per heavy atom. The van der Waals surface area contributed by atoms with Gasteiger partial charge in [-0.3, -0.25) is 19.4 Å². The summed E-state index contributed by atoms with van der Waals surface area (Å²) in [4.78, 5) is 53.4. The number of esters is 3. The molecule has 2 fully saturated rings. The normalized spacial score (nSPS) is 34.4. The lowest BCUT2D eigenvalue weighted by atomic mass is 9.47. The number of carbonyl (C=O) groups is 3. The van der Waals surface area contributed by atoms with Gasteiger partial charge >= 0.3 is 17.9 Å². The first-order chi connectivity index (χ1) is 28.3. The molecule has 1 saturated carbocycles. The second-order valence-electron chi connectivity index (χ2n) is 17.6. The minimum Gasteiger partial charge on any atom is -0.496 e. The van der Waals surface area contributed by atoms with Gasteiger partial charge in [0.1, 0.15) is 11.2 Å². The van der Waals surface area contributed by atoms with Gasteiger partial charge in [0.05, 0.1) is 27.4 Å². The summed E-state index contributed by atoms with van der Waals surface area (Å²) in [6, 6.07) is 9.12. The fourth-order valence-corrected chi connectivity index (χ4v) is 13.4. The molecule has 0 amide bonds. The van der Waals surface area contributed by atoms with Crippen LogP contribution in [0.25, 0.3) is 10.9 Å². The molecule has 2 aromatic carbocycles. The highest BCUT2D eigenvalue weighted by Gasteiger charge is 2.80. The zero-order chi connectivity index (χ0) is 41.8. The minimum atomic E-state index is -2.28. The van der Waals surface area contributed by atoms with Crippen LogP contribution in [0.5, 0.6) is 5.75 Å². The van der Waals surface area contributed by atoms with Crippen molar-refractivity contribution >= 4 is 50.4 Å². The minimum absolute atomic E-state index is 0.00947. The van der Waals surface area contributed by atoms with Crippen molar-refractivity contribution in [1.29, 1.82) is 0 Å². The van der Waals surface area contributed by atoms with Gasteiger partial charge in [0.2, 0.25) is 5.60 Å². The van der Waals surface area contributed by atoms with E-state index in [9.17, 15) is 14.7 Å². The first kappa shape index (κ1) is 40.2. The van der Waals surface area contributed by atoms with Crippen LogP contribution >= 0.6 is 15.9 Å². The molecule has 6 heterocycles. The summed E-state index contributed by atoms with van der Waals surface area (Å²) in [5.41, 5.74) is 0.969. The van der Waals surface area contributed by atoms with Gasteiger partial charge in [-0.25, -0.2) is 4.79 Å². The number of methoxy groups -OCH3 is 3. The maximum atomic E-state index is 15.3. The molecule has 3 aromatic rings. The number of aromatic amines is 1. The maximum Gasteiger partial charge on any atom is 0.344 e. The van der Waals surface area contributed by atoms with Gasteiger partial charge in [0.15, 0.2) is 6.10 Å². The Morgan fingerprint density at radius 1 is 1.02 bits per heavy atom. The molecule has 2 unspecified atom stereocenters. The lowest BCUT2D eigenvalue weighted by Gasteiger charge is -2.63. The van der Waals surface area contributed by atoms with Crippen molar-refractivity contribution in [3.8, 4) is 5.75 Å². The van der Waals surface area contributed by atoms with Crippen molar-refractivity contribution in [2.75, 3.05) is 66.0 Å². The highest BCUT2D eigenvalue weighted by molar-refractivity contribution is 9.10. The van der Waals surface area contributed by atoms with Gasteiger partial charge in [-0.1, -0.05) is 53.6 Å². The SMILES string of the molecule is CCC1=C[C@H]2CN(CCc3c([nH]c4ccc(Br)cc34)[C@@](C(=O)OC)(c3cc4c(cc3OC)N(C)C3[C@]45CCN4CC=C[C@@](CC)([C@@H](OC(C)=O)[C@]3(O)C(=O)OC)[C@H]45)C2)C1. The number of aliphatic hydroxyl groups is 1. The average Bonchev–Trinajstić information content (AvgIpc) is 3.89. The molecule has 5 aliphatic heterocycles. The van der Waals surface area contributed by atoms with E-state index >= 15 is 4.79 Å². The van der Waals surface area contributed by atoms with Crippen LogP contribution in [-0.2, 0) is 45.8 Å². The summed E-state index contributed by atoms with van der Waals surface area (Å²) in [5.74, 6) is -1.34. The third-order valence-corrected chi connectivity index (χ3v) is 15.6. The molecule has 0 radical (unpaired) electrons. The van der Waals surface area contributed by atoms with Crippen LogP contribution in [0, 0.1) is 11.3 Å². The number of ether oxygens (including phenoxy) is 4. The fourth-order valence-electron chi connectivity index (χ4n) is 13.1. The van der Waals surface area contributed by atoms with Crippen LogP contribution in [-0.4, -0.2) is 123 Å². The van der Waals surface area contributed by atoms with E-state index in [0.29, 0.717) is 50.1 Å². The van der Waals surface area contributed by atoms with Gasteiger partial charge < -0.3 is 33.9 Å². The largest absolute Gasteiger partial charge is 0.496 e. The van der Waals surface area contributed by atoms with Crippen molar-refractivity contribution in [1.82, 2.24) is 14.8 Å². The highest BCUT2D eigenvalue weighted by Crippen LogP contribution is 2.68. The smallest absolute Gasteiger partial charge is 0.344 e. The number of rotatable bonds is 7. The molecular weight excluding hydrogens is 816 g/mol. The number of nitrogens with zero attached hydrogens (tertiary/aromatic N) is 3. The van der Waals surface area contributed by atoms with Crippen molar-refractivity contribution in [3.05, 3.63) is 81.0 Å². The Balaban J connectivity index is 1.38. The van der Waals surface area contributed by atoms with Gasteiger partial charge in [0, 0.05) is 95.4 Å². The number of carbonyl (C=O) groups excluding carboxylic acids is 3. The molecule has 1 aliphatic carbocycles. The molecule has 1 aromatic heterocycles. The molecule has 59 heavy (non-hydrogen) atoms. The van der Waals surface area contributed by atoms with Gasteiger partial charge in [0.25, 0.3) is 0 Å². The van der Waals surface area contributed by atoms with Crippen LogP contribution in [0.15, 0.2) is 58.6 Å². The molecule has 9 rings (SSSR count). The van der Waals surface area contributed by atoms with Crippen LogP contribution in [0.1, 0.15) is 68.8 Å². The molecule has 2 N–H and O–H groups in total. The number of benzene rings is 2. The molecule has 13 heteroatoms. The fraction of sp³-hybridized carbons (Fsp3) is 0.543. The van der Waals surface area contributed by atoms with Crippen molar-refractivity contribution in [2.45, 2.75) is 87.5 Å². The summed E-state index contributed by atoms with van der Waals surface area (Å²) in [6.45, 7) is 9.39. The molecule has 2 bridgehead atoms. The van der Waals surface area contributed by atoms with Crippen LogP contribution in [0.4, 0.5) is 5.69 Å².